The maximum absolute atomic E-state index is 12.0. The summed E-state index contributed by atoms with van der Waals surface area (Å²) < 4.78 is 26.2. The van der Waals surface area contributed by atoms with Crippen LogP contribution in [0.4, 0.5) is 0 Å². The van der Waals surface area contributed by atoms with Crippen LogP contribution in [0, 0.1) is 0 Å². The summed E-state index contributed by atoms with van der Waals surface area (Å²) in [7, 11) is 0.341. The van der Waals surface area contributed by atoms with Gasteiger partial charge in [0.15, 0.2) is 5.17 Å². The Labute approximate surface area is 95.8 Å². The van der Waals surface area contributed by atoms with E-state index in [1.54, 1.807) is 18.7 Å². The van der Waals surface area contributed by atoms with Crippen LogP contribution in [0.15, 0.2) is 4.76 Å². The predicted molar refractivity (Wildman–Crippen MR) is 65.5 cm³/mol. The van der Waals surface area contributed by atoms with Gasteiger partial charge in [-0.25, -0.2) is 4.57 Å². The quantitative estimate of drug-likeness (QED) is 0.428. The minimum atomic E-state index is -3.32. The van der Waals surface area contributed by atoms with Gasteiger partial charge in [-0.05, 0) is 20.1 Å². The number of thioether (sulfide) groups is 1. The number of nitrogens with zero attached hydrogens (tertiary/aromatic N) is 2. The first-order valence-electron chi connectivity index (χ1n) is 4.69. The van der Waals surface area contributed by atoms with Gasteiger partial charge in [0.2, 0.25) is 0 Å². The van der Waals surface area contributed by atoms with Crippen molar-refractivity contribution < 1.29 is 13.6 Å². The van der Waals surface area contributed by atoms with Crippen LogP contribution in [0.25, 0.3) is 0 Å². The topological polar surface area (TPSA) is 51.1 Å². The van der Waals surface area contributed by atoms with Gasteiger partial charge in [-0.2, -0.15) is 4.76 Å². The van der Waals surface area contributed by atoms with E-state index >= 15 is 0 Å². The third-order valence-electron chi connectivity index (χ3n) is 1.36. The molecule has 0 spiro atoms. The fourth-order valence-corrected chi connectivity index (χ4v) is 3.06. The van der Waals surface area contributed by atoms with E-state index in [2.05, 4.69) is 4.76 Å². The van der Waals surface area contributed by atoms with E-state index in [4.69, 9.17) is 9.05 Å². The van der Waals surface area contributed by atoms with Crippen molar-refractivity contribution in [1.29, 1.82) is 0 Å². The van der Waals surface area contributed by atoms with Crippen LogP contribution in [0.3, 0.4) is 0 Å². The standard InChI is InChI=1S/C8H19N2O3PS/c1-6-12-14(11,13-7-2)9-8(15-5)10(3)4/h6-7H2,1-5H3/b9-8-. The molecule has 0 aliphatic heterocycles. The van der Waals surface area contributed by atoms with E-state index in [0.717, 1.165) is 0 Å². The van der Waals surface area contributed by atoms with Crippen LogP contribution in [0.5, 0.6) is 0 Å². The van der Waals surface area contributed by atoms with E-state index in [9.17, 15) is 4.57 Å². The van der Waals surface area contributed by atoms with Gasteiger partial charge in [0.1, 0.15) is 0 Å². The molecule has 0 heterocycles. The molecule has 0 bridgehead atoms. The smallest absolute Gasteiger partial charge is 0.357 e. The second-order valence-corrected chi connectivity index (χ2v) is 5.21. The Morgan fingerprint density at radius 1 is 1.33 bits per heavy atom. The van der Waals surface area contributed by atoms with Crippen LogP contribution < -0.4 is 0 Å². The summed E-state index contributed by atoms with van der Waals surface area (Å²) in [5.41, 5.74) is 0. The Bertz CT molecular complexity index is 248. The van der Waals surface area contributed by atoms with Crippen molar-refractivity contribution in [2.75, 3.05) is 33.6 Å². The highest BCUT2D eigenvalue weighted by Crippen LogP contribution is 2.50. The molecule has 0 aromatic heterocycles. The van der Waals surface area contributed by atoms with Gasteiger partial charge in [-0.1, -0.05) is 11.8 Å². The van der Waals surface area contributed by atoms with E-state index in [1.807, 2.05) is 20.4 Å². The summed E-state index contributed by atoms with van der Waals surface area (Å²) in [5, 5.41) is 0.625. The number of hydrogen-bond acceptors (Lipinski definition) is 4. The molecule has 0 aliphatic carbocycles. The van der Waals surface area contributed by atoms with Crippen LogP contribution in [-0.2, 0) is 13.6 Å². The van der Waals surface area contributed by atoms with Gasteiger partial charge in [-0.15, -0.1) is 0 Å². The van der Waals surface area contributed by atoms with Crippen molar-refractivity contribution in [1.82, 2.24) is 4.90 Å². The highest BCUT2D eigenvalue weighted by molar-refractivity contribution is 8.13. The van der Waals surface area contributed by atoms with Crippen molar-refractivity contribution in [3.8, 4) is 0 Å². The van der Waals surface area contributed by atoms with Crippen molar-refractivity contribution in [2.24, 2.45) is 4.76 Å². The van der Waals surface area contributed by atoms with Crippen LogP contribution in [-0.4, -0.2) is 43.6 Å². The number of amidine groups is 1. The molecule has 0 unspecified atom stereocenters. The van der Waals surface area contributed by atoms with Crippen molar-refractivity contribution in [3.05, 3.63) is 0 Å². The molecule has 0 radical (unpaired) electrons. The fourth-order valence-electron chi connectivity index (χ4n) is 0.839. The van der Waals surface area contributed by atoms with E-state index < -0.39 is 7.75 Å². The summed E-state index contributed by atoms with van der Waals surface area (Å²) in [6.07, 6.45) is 1.86. The highest BCUT2D eigenvalue weighted by Gasteiger charge is 2.24. The van der Waals surface area contributed by atoms with Crippen molar-refractivity contribution >= 4 is 24.7 Å². The van der Waals surface area contributed by atoms with Crippen LogP contribution in [0.2, 0.25) is 0 Å². The molecule has 0 rings (SSSR count). The van der Waals surface area contributed by atoms with E-state index in [-0.39, 0.29) is 0 Å². The lowest BCUT2D eigenvalue weighted by Gasteiger charge is -2.17. The normalized spacial score (nSPS) is 13.0. The molecule has 0 saturated heterocycles. The molecule has 0 aromatic carbocycles. The first kappa shape index (κ1) is 15.0. The second kappa shape index (κ2) is 7.28. The molecule has 5 nitrogen and oxygen atoms in total. The highest BCUT2D eigenvalue weighted by atomic mass is 32.2. The monoisotopic (exact) mass is 254 g/mol. The van der Waals surface area contributed by atoms with Crippen LogP contribution in [0.1, 0.15) is 13.8 Å². The van der Waals surface area contributed by atoms with Crippen LogP contribution >= 0.6 is 19.5 Å². The van der Waals surface area contributed by atoms with Gasteiger partial charge in [0.05, 0.1) is 13.2 Å². The third-order valence-corrected chi connectivity index (χ3v) is 3.92. The molecular formula is C8H19N2O3PS. The molecule has 15 heavy (non-hydrogen) atoms. The SMILES string of the molecule is CCOP(=O)(/N=C(\SC)N(C)C)OCC. The third kappa shape index (κ3) is 5.56. The first-order chi connectivity index (χ1) is 6.99. The number of rotatable bonds is 5. The summed E-state index contributed by atoms with van der Waals surface area (Å²) in [5.74, 6) is 0. The molecule has 7 heteroatoms. The Kier molecular flexibility index (Phi) is 7.26. The molecule has 0 saturated carbocycles. The lowest BCUT2D eigenvalue weighted by molar-refractivity contribution is 0.221. The fraction of sp³-hybridized carbons (Fsp3) is 0.875. The lowest BCUT2D eigenvalue weighted by atomic mass is 10.9. The number of hydrogen-bond donors (Lipinski definition) is 0. The predicted octanol–water partition coefficient (Wildman–Crippen LogP) is 2.45. The molecule has 0 fully saturated rings. The summed E-state index contributed by atoms with van der Waals surface area (Å²) >= 11 is 1.40. The molecule has 90 valence electrons. The first-order valence-corrected chi connectivity index (χ1v) is 7.41. The maximum Gasteiger partial charge on any atom is 0.456 e. The van der Waals surface area contributed by atoms with Crippen molar-refractivity contribution in [2.45, 2.75) is 13.8 Å². The molecule has 0 atom stereocenters. The average molecular weight is 254 g/mol. The summed E-state index contributed by atoms with van der Waals surface area (Å²) in [6.45, 7) is 4.15. The minimum absolute atomic E-state index is 0.315. The second-order valence-electron chi connectivity index (χ2n) is 2.79. The Morgan fingerprint density at radius 3 is 2.07 bits per heavy atom. The largest absolute Gasteiger partial charge is 0.456 e. The molecule has 0 aliphatic rings. The Hall–Kier alpha value is -0.0300. The maximum atomic E-state index is 12.0. The van der Waals surface area contributed by atoms with Gasteiger partial charge in [-0.3, -0.25) is 9.05 Å². The lowest BCUT2D eigenvalue weighted by Crippen LogP contribution is -2.18. The van der Waals surface area contributed by atoms with E-state index in [1.165, 1.54) is 11.8 Å². The van der Waals surface area contributed by atoms with Crippen molar-refractivity contribution in [3.63, 3.8) is 0 Å². The zero-order valence-electron chi connectivity index (χ0n) is 9.89. The van der Waals surface area contributed by atoms with Gasteiger partial charge >= 0.3 is 7.75 Å². The van der Waals surface area contributed by atoms with E-state index in [0.29, 0.717) is 18.4 Å². The Morgan fingerprint density at radius 2 is 1.80 bits per heavy atom. The zero-order valence-corrected chi connectivity index (χ0v) is 11.6. The molecule has 0 N–H and O–H groups in total. The average Bonchev–Trinajstić information content (AvgIpc) is 2.14. The van der Waals surface area contributed by atoms with Gasteiger partial charge in [0, 0.05) is 14.1 Å². The van der Waals surface area contributed by atoms with Gasteiger partial charge < -0.3 is 4.90 Å². The Balaban J connectivity index is 4.84. The zero-order chi connectivity index (χ0) is 11.9. The molecule has 0 aromatic rings. The minimum Gasteiger partial charge on any atom is -0.357 e. The molecular weight excluding hydrogens is 235 g/mol. The summed E-state index contributed by atoms with van der Waals surface area (Å²) in [6, 6.07) is 0. The molecule has 0 amide bonds. The van der Waals surface area contributed by atoms with Gasteiger partial charge in [0.25, 0.3) is 0 Å². The summed E-state index contributed by atoms with van der Waals surface area (Å²) in [4.78, 5) is 1.77.